The van der Waals surface area contributed by atoms with Crippen molar-refractivity contribution in [1.29, 1.82) is 0 Å². The molecule has 0 saturated heterocycles. The van der Waals surface area contributed by atoms with Crippen molar-refractivity contribution in [2.75, 3.05) is 13.7 Å². The molecule has 0 spiro atoms. The Morgan fingerprint density at radius 2 is 2.15 bits per heavy atom. The van der Waals surface area contributed by atoms with Crippen molar-refractivity contribution in [3.8, 4) is 0 Å². The first-order valence-corrected chi connectivity index (χ1v) is 4.59. The molecule has 0 aromatic rings. The Bertz CT molecular complexity index is 185. The number of esters is 1. The van der Waals surface area contributed by atoms with E-state index in [1.54, 1.807) is 0 Å². The Balaban J connectivity index is 2.43. The summed E-state index contributed by atoms with van der Waals surface area (Å²) in [6.45, 7) is 0.000886. The van der Waals surface area contributed by atoms with E-state index in [1.165, 1.54) is 7.11 Å². The van der Waals surface area contributed by atoms with Crippen molar-refractivity contribution in [2.24, 2.45) is 11.7 Å². The molecule has 1 fully saturated rings. The number of ether oxygens (including phenoxy) is 1. The summed E-state index contributed by atoms with van der Waals surface area (Å²) < 4.78 is 4.65. The van der Waals surface area contributed by atoms with Gasteiger partial charge in [0.05, 0.1) is 19.6 Å². The molecule has 0 heterocycles. The van der Waals surface area contributed by atoms with E-state index >= 15 is 0 Å². The van der Waals surface area contributed by atoms with Crippen LogP contribution in [0, 0.1) is 5.92 Å². The number of carbonyl (C=O) groups excluding carboxylic acids is 1. The second-order valence-corrected chi connectivity index (χ2v) is 3.82. The molecule has 0 aromatic carbocycles. The number of nitrogens with two attached hydrogens (primary N) is 1. The summed E-state index contributed by atoms with van der Waals surface area (Å²) in [5, 5.41) is 8.99. The fourth-order valence-electron chi connectivity index (χ4n) is 1.75. The van der Waals surface area contributed by atoms with E-state index in [0.717, 1.165) is 12.8 Å². The summed E-state index contributed by atoms with van der Waals surface area (Å²) in [4.78, 5) is 11.1. The van der Waals surface area contributed by atoms with Crippen LogP contribution in [0.5, 0.6) is 0 Å². The van der Waals surface area contributed by atoms with Gasteiger partial charge in [-0.2, -0.15) is 0 Å². The molecular weight excluding hydrogens is 170 g/mol. The van der Waals surface area contributed by atoms with Crippen LogP contribution in [0.3, 0.4) is 0 Å². The molecule has 0 aromatic heterocycles. The molecule has 3 N–H and O–H groups in total. The number of aliphatic hydroxyl groups excluding tert-OH is 1. The van der Waals surface area contributed by atoms with Crippen molar-refractivity contribution < 1.29 is 14.6 Å². The first-order valence-electron chi connectivity index (χ1n) is 4.59. The molecule has 0 unspecified atom stereocenters. The monoisotopic (exact) mass is 187 g/mol. The van der Waals surface area contributed by atoms with Crippen LogP contribution in [0.1, 0.15) is 25.7 Å². The van der Waals surface area contributed by atoms with Crippen molar-refractivity contribution in [3.05, 3.63) is 0 Å². The number of methoxy groups -OCH3 is 1. The molecule has 0 bridgehead atoms. The van der Waals surface area contributed by atoms with Gasteiger partial charge in [0.2, 0.25) is 0 Å². The third-order valence-electron chi connectivity index (χ3n) is 2.83. The fraction of sp³-hybridized carbons (Fsp3) is 0.889. The summed E-state index contributed by atoms with van der Waals surface area (Å²) in [5.41, 5.74) is 5.39. The van der Waals surface area contributed by atoms with Crippen LogP contribution in [0.2, 0.25) is 0 Å². The Morgan fingerprint density at radius 3 is 2.54 bits per heavy atom. The van der Waals surface area contributed by atoms with Crippen molar-refractivity contribution in [3.63, 3.8) is 0 Å². The Hall–Kier alpha value is -0.610. The standard InChI is InChI=1S/C9H17NO3/c1-13-8(12)7-2-4-9(10,6-11)5-3-7/h7,11H,2-6,10H2,1H3. The molecule has 0 amide bonds. The molecule has 0 atom stereocenters. The summed E-state index contributed by atoms with van der Waals surface area (Å²) in [6.07, 6.45) is 2.85. The first kappa shape index (κ1) is 10.5. The Labute approximate surface area is 78.1 Å². The average Bonchev–Trinajstić information content (AvgIpc) is 2.18. The van der Waals surface area contributed by atoms with Crippen LogP contribution in [0.4, 0.5) is 0 Å². The maximum absolute atomic E-state index is 11.1. The summed E-state index contributed by atoms with van der Waals surface area (Å²) in [5.74, 6) is -0.173. The maximum Gasteiger partial charge on any atom is 0.308 e. The van der Waals surface area contributed by atoms with Crippen LogP contribution < -0.4 is 5.73 Å². The predicted octanol–water partition coefficient (Wildman–Crippen LogP) is 0.0394. The first-order chi connectivity index (χ1) is 6.11. The van der Waals surface area contributed by atoms with Crippen molar-refractivity contribution >= 4 is 5.97 Å². The normalized spacial score (nSPS) is 34.2. The van der Waals surface area contributed by atoms with Crippen LogP contribution in [-0.4, -0.2) is 30.3 Å². The minimum Gasteiger partial charge on any atom is -0.469 e. The summed E-state index contributed by atoms with van der Waals surface area (Å²) in [7, 11) is 1.40. The van der Waals surface area contributed by atoms with Crippen LogP contribution in [0.25, 0.3) is 0 Å². The lowest BCUT2D eigenvalue weighted by Crippen LogP contribution is -2.47. The van der Waals surface area contributed by atoms with E-state index in [2.05, 4.69) is 4.74 Å². The van der Waals surface area contributed by atoms with Crippen LogP contribution in [0.15, 0.2) is 0 Å². The topological polar surface area (TPSA) is 72.5 Å². The molecule has 1 aliphatic rings. The van der Waals surface area contributed by atoms with Crippen molar-refractivity contribution in [2.45, 2.75) is 31.2 Å². The minimum absolute atomic E-state index is 0.000886. The lowest BCUT2D eigenvalue weighted by atomic mass is 9.77. The number of carbonyl (C=O) groups is 1. The Morgan fingerprint density at radius 1 is 1.62 bits per heavy atom. The molecule has 1 aliphatic carbocycles. The zero-order chi connectivity index (χ0) is 9.90. The molecular formula is C9H17NO3. The molecule has 1 rings (SSSR count). The lowest BCUT2D eigenvalue weighted by molar-refractivity contribution is -0.147. The lowest BCUT2D eigenvalue weighted by Gasteiger charge is -2.34. The Kier molecular flexibility index (Phi) is 3.27. The molecule has 0 radical (unpaired) electrons. The SMILES string of the molecule is COC(=O)C1CCC(N)(CO)CC1. The predicted molar refractivity (Wildman–Crippen MR) is 48.0 cm³/mol. The van der Waals surface area contributed by atoms with E-state index in [4.69, 9.17) is 10.8 Å². The number of hydrogen-bond donors (Lipinski definition) is 2. The van der Waals surface area contributed by atoms with E-state index in [0.29, 0.717) is 12.8 Å². The van der Waals surface area contributed by atoms with Crippen LogP contribution in [-0.2, 0) is 9.53 Å². The number of hydrogen-bond acceptors (Lipinski definition) is 4. The maximum atomic E-state index is 11.1. The van der Waals surface area contributed by atoms with Crippen molar-refractivity contribution in [1.82, 2.24) is 0 Å². The highest BCUT2D eigenvalue weighted by molar-refractivity contribution is 5.72. The van der Waals surface area contributed by atoms with Gasteiger partial charge in [0.25, 0.3) is 0 Å². The minimum atomic E-state index is -0.468. The number of rotatable bonds is 2. The van der Waals surface area contributed by atoms with Gasteiger partial charge >= 0.3 is 5.97 Å². The molecule has 1 saturated carbocycles. The van der Waals surface area contributed by atoms with Gasteiger partial charge in [-0.3, -0.25) is 4.79 Å². The largest absolute Gasteiger partial charge is 0.469 e. The average molecular weight is 187 g/mol. The number of aliphatic hydroxyl groups is 1. The fourth-order valence-corrected chi connectivity index (χ4v) is 1.75. The third-order valence-corrected chi connectivity index (χ3v) is 2.83. The molecule has 4 heteroatoms. The van der Waals surface area contributed by atoms with Gasteiger partial charge in [0.15, 0.2) is 0 Å². The summed E-state index contributed by atoms with van der Waals surface area (Å²) in [6, 6.07) is 0. The van der Waals surface area contributed by atoms with E-state index in [9.17, 15) is 4.79 Å². The highest BCUT2D eigenvalue weighted by atomic mass is 16.5. The third kappa shape index (κ3) is 2.42. The second-order valence-electron chi connectivity index (χ2n) is 3.82. The summed E-state index contributed by atoms with van der Waals surface area (Å²) >= 11 is 0. The quantitative estimate of drug-likeness (QED) is 0.599. The zero-order valence-electron chi connectivity index (χ0n) is 7.95. The van der Waals surface area contributed by atoms with E-state index < -0.39 is 5.54 Å². The van der Waals surface area contributed by atoms with Crippen LogP contribution >= 0.6 is 0 Å². The zero-order valence-corrected chi connectivity index (χ0v) is 7.95. The van der Waals surface area contributed by atoms with Gasteiger partial charge in [-0.15, -0.1) is 0 Å². The van der Waals surface area contributed by atoms with Gasteiger partial charge in [-0.1, -0.05) is 0 Å². The van der Waals surface area contributed by atoms with Gasteiger partial charge < -0.3 is 15.6 Å². The van der Waals surface area contributed by atoms with E-state index in [-0.39, 0.29) is 18.5 Å². The van der Waals surface area contributed by atoms with E-state index in [1.807, 2.05) is 0 Å². The highest BCUT2D eigenvalue weighted by Crippen LogP contribution is 2.30. The van der Waals surface area contributed by atoms with Gasteiger partial charge in [-0.25, -0.2) is 0 Å². The van der Waals surface area contributed by atoms with Gasteiger partial charge in [-0.05, 0) is 25.7 Å². The highest BCUT2D eigenvalue weighted by Gasteiger charge is 2.34. The second kappa shape index (κ2) is 4.07. The molecule has 4 nitrogen and oxygen atoms in total. The molecule has 13 heavy (non-hydrogen) atoms. The van der Waals surface area contributed by atoms with Gasteiger partial charge in [0, 0.05) is 5.54 Å². The molecule has 76 valence electrons. The van der Waals surface area contributed by atoms with Gasteiger partial charge in [0.1, 0.15) is 0 Å². The molecule has 0 aliphatic heterocycles. The smallest absolute Gasteiger partial charge is 0.308 e.